The fraction of sp³-hybridized carbons (Fsp3) is 0.769. The summed E-state index contributed by atoms with van der Waals surface area (Å²) >= 11 is 1.82. The molecule has 0 saturated carbocycles. The fourth-order valence-electron chi connectivity index (χ4n) is 2.45. The van der Waals surface area contributed by atoms with Gasteiger partial charge in [-0.15, -0.1) is 11.3 Å². The predicted molar refractivity (Wildman–Crippen MR) is 73.5 cm³/mol. The summed E-state index contributed by atoms with van der Waals surface area (Å²) in [5.74, 6) is 0.644. The Labute approximate surface area is 108 Å². The molecule has 2 heterocycles. The van der Waals surface area contributed by atoms with Gasteiger partial charge in [-0.25, -0.2) is 4.98 Å². The molecule has 1 fully saturated rings. The van der Waals surface area contributed by atoms with Crippen molar-refractivity contribution in [1.29, 1.82) is 0 Å². The summed E-state index contributed by atoms with van der Waals surface area (Å²) in [7, 11) is 2.19. The first-order valence-corrected chi connectivity index (χ1v) is 7.15. The highest BCUT2D eigenvalue weighted by molar-refractivity contribution is 7.12. The lowest BCUT2D eigenvalue weighted by atomic mass is 9.98. The van der Waals surface area contributed by atoms with Crippen LogP contribution in [-0.2, 0) is 5.54 Å². The number of nitrogens with two attached hydrogens (primary N) is 1. The average Bonchev–Trinajstić information content (AvgIpc) is 2.61. The molecule has 96 valence electrons. The van der Waals surface area contributed by atoms with E-state index < -0.39 is 0 Å². The first kappa shape index (κ1) is 13.0. The fourth-order valence-corrected chi connectivity index (χ4v) is 3.70. The Hall–Kier alpha value is -0.450. The van der Waals surface area contributed by atoms with Crippen molar-refractivity contribution in [1.82, 2.24) is 9.88 Å². The van der Waals surface area contributed by atoms with Crippen LogP contribution < -0.4 is 5.73 Å². The number of hydrogen-bond acceptors (Lipinski definition) is 4. The predicted octanol–water partition coefficient (Wildman–Crippen LogP) is 2.45. The van der Waals surface area contributed by atoms with Gasteiger partial charge in [0.1, 0.15) is 0 Å². The van der Waals surface area contributed by atoms with Gasteiger partial charge in [0.25, 0.3) is 0 Å². The Morgan fingerprint density at radius 3 is 2.41 bits per heavy atom. The van der Waals surface area contributed by atoms with E-state index in [1.165, 1.54) is 35.8 Å². The van der Waals surface area contributed by atoms with Crippen molar-refractivity contribution in [3.05, 3.63) is 15.6 Å². The van der Waals surface area contributed by atoms with E-state index in [-0.39, 0.29) is 5.54 Å². The summed E-state index contributed by atoms with van der Waals surface area (Å²) in [6, 6.07) is 0. The number of thiazole rings is 1. The van der Waals surface area contributed by atoms with Crippen LogP contribution in [0, 0.1) is 6.92 Å². The van der Waals surface area contributed by atoms with Crippen molar-refractivity contribution in [3.8, 4) is 0 Å². The van der Waals surface area contributed by atoms with E-state index in [0.29, 0.717) is 5.92 Å². The van der Waals surface area contributed by atoms with Gasteiger partial charge >= 0.3 is 0 Å². The number of likely N-dealkylation sites (tertiary alicyclic amines) is 1. The highest BCUT2D eigenvalue weighted by Gasteiger charge is 2.26. The first-order chi connectivity index (χ1) is 7.88. The van der Waals surface area contributed by atoms with Crippen LogP contribution in [0.5, 0.6) is 0 Å². The summed E-state index contributed by atoms with van der Waals surface area (Å²) in [5.41, 5.74) is 7.05. The summed E-state index contributed by atoms with van der Waals surface area (Å²) in [6.07, 6.45) is 2.46. The summed E-state index contributed by atoms with van der Waals surface area (Å²) in [6.45, 7) is 8.58. The Kier molecular flexibility index (Phi) is 3.57. The van der Waals surface area contributed by atoms with Gasteiger partial charge in [-0.1, -0.05) is 0 Å². The van der Waals surface area contributed by atoms with E-state index in [1.54, 1.807) is 0 Å². The Morgan fingerprint density at radius 2 is 1.94 bits per heavy atom. The number of piperidine rings is 1. The molecule has 1 aromatic rings. The minimum Gasteiger partial charge on any atom is -0.321 e. The first-order valence-electron chi connectivity index (χ1n) is 6.33. The van der Waals surface area contributed by atoms with Gasteiger partial charge in [-0.3, -0.25) is 0 Å². The van der Waals surface area contributed by atoms with E-state index in [9.17, 15) is 0 Å². The molecule has 2 rings (SSSR count). The highest BCUT2D eigenvalue weighted by Crippen LogP contribution is 2.35. The smallest absolute Gasteiger partial charge is 0.0963 e. The van der Waals surface area contributed by atoms with Crippen molar-refractivity contribution in [3.63, 3.8) is 0 Å². The lowest BCUT2D eigenvalue weighted by molar-refractivity contribution is 0.255. The summed E-state index contributed by atoms with van der Waals surface area (Å²) in [5, 5.41) is 1.30. The average molecular weight is 253 g/mol. The van der Waals surface area contributed by atoms with Crippen LogP contribution >= 0.6 is 11.3 Å². The van der Waals surface area contributed by atoms with Gasteiger partial charge in [-0.2, -0.15) is 0 Å². The van der Waals surface area contributed by atoms with Crippen LogP contribution in [0.2, 0.25) is 0 Å². The van der Waals surface area contributed by atoms with E-state index in [1.807, 2.05) is 11.3 Å². The number of aromatic nitrogens is 1. The Morgan fingerprint density at radius 1 is 1.35 bits per heavy atom. The van der Waals surface area contributed by atoms with E-state index in [4.69, 9.17) is 10.7 Å². The van der Waals surface area contributed by atoms with E-state index in [0.717, 1.165) is 5.69 Å². The molecule has 0 amide bonds. The lowest BCUT2D eigenvalue weighted by Crippen LogP contribution is -2.29. The minimum atomic E-state index is -0.258. The zero-order chi connectivity index (χ0) is 12.6. The normalized spacial score (nSPS) is 19.8. The Balaban J connectivity index is 2.18. The monoisotopic (exact) mass is 253 g/mol. The third kappa shape index (κ3) is 2.87. The third-order valence-electron chi connectivity index (χ3n) is 3.47. The molecule has 1 aliphatic rings. The maximum Gasteiger partial charge on any atom is 0.0963 e. The number of nitrogens with zero attached hydrogens (tertiary/aromatic N) is 2. The second-order valence-electron chi connectivity index (χ2n) is 5.77. The molecule has 2 N–H and O–H groups in total. The van der Waals surface area contributed by atoms with Gasteiger partial charge in [0, 0.05) is 16.3 Å². The maximum absolute atomic E-state index is 6.18. The van der Waals surface area contributed by atoms with Crippen LogP contribution in [0.25, 0.3) is 0 Å². The second-order valence-corrected chi connectivity index (χ2v) is 6.80. The molecule has 0 radical (unpaired) electrons. The third-order valence-corrected chi connectivity index (χ3v) is 5.13. The van der Waals surface area contributed by atoms with Gasteiger partial charge in [-0.05, 0) is 53.8 Å². The number of aryl methyl sites for hydroxylation is 1. The van der Waals surface area contributed by atoms with E-state index in [2.05, 4.69) is 32.7 Å². The molecular formula is C13H23N3S. The largest absolute Gasteiger partial charge is 0.321 e. The molecule has 0 aromatic carbocycles. The van der Waals surface area contributed by atoms with Gasteiger partial charge < -0.3 is 10.6 Å². The second kappa shape index (κ2) is 4.67. The van der Waals surface area contributed by atoms with Crippen LogP contribution in [0.15, 0.2) is 0 Å². The summed E-state index contributed by atoms with van der Waals surface area (Å²) < 4.78 is 0. The van der Waals surface area contributed by atoms with Gasteiger partial charge in [0.2, 0.25) is 0 Å². The van der Waals surface area contributed by atoms with Gasteiger partial charge in [0.05, 0.1) is 10.7 Å². The topological polar surface area (TPSA) is 42.2 Å². The molecule has 17 heavy (non-hydrogen) atoms. The van der Waals surface area contributed by atoms with Crippen LogP contribution in [0.4, 0.5) is 0 Å². The molecule has 1 aliphatic heterocycles. The quantitative estimate of drug-likeness (QED) is 0.880. The zero-order valence-electron chi connectivity index (χ0n) is 11.3. The molecule has 0 aliphatic carbocycles. The molecular weight excluding hydrogens is 230 g/mol. The van der Waals surface area contributed by atoms with Crippen molar-refractivity contribution >= 4 is 11.3 Å². The molecule has 0 atom stereocenters. The van der Waals surface area contributed by atoms with Crippen LogP contribution in [-0.4, -0.2) is 30.0 Å². The maximum atomic E-state index is 6.18. The minimum absolute atomic E-state index is 0.258. The highest BCUT2D eigenvalue weighted by atomic mass is 32.1. The Bertz CT molecular complexity index is 384. The van der Waals surface area contributed by atoms with Crippen molar-refractivity contribution in [2.24, 2.45) is 5.73 Å². The molecule has 3 nitrogen and oxygen atoms in total. The number of hydrogen-bond donors (Lipinski definition) is 1. The SMILES string of the molecule is Cc1nc(C2CCN(C)CC2)sc1C(C)(C)N. The molecule has 0 unspecified atom stereocenters. The van der Waals surface area contributed by atoms with E-state index >= 15 is 0 Å². The lowest BCUT2D eigenvalue weighted by Gasteiger charge is -2.27. The molecule has 0 bridgehead atoms. The zero-order valence-corrected chi connectivity index (χ0v) is 12.1. The number of rotatable bonds is 2. The van der Waals surface area contributed by atoms with Crippen molar-refractivity contribution in [2.75, 3.05) is 20.1 Å². The molecule has 1 aromatic heterocycles. The van der Waals surface area contributed by atoms with Gasteiger partial charge in [0.15, 0.2) is 0 Å². The molecule has 0 spiro atoms. The van der Waals surface area contributed by atoms with Crippen molar-refractivity contribution < 1.29 is 0 Å². The van der Waals surface area contributed by atoms with Crippen LogP contribution in [0.3, 0.4) is 0 Å². The standard InChI is InChI=1S/C13H23N3S/c1-9-11(13(2,3)14)17-12(15-9)10-5-7-16(4)8-6-10/h10H,5-8,14H2,1-4H3. The molecule has 1 saturated heterocycles. The van der Waals surface area contributed by atoms with Crippen LogP contribution in [0.1, 0.15) is 48.2 Å². The summed E-state index contributed by atoms with van der Waals surface area (Å²) in [4.78, 5) is 8.38. The van der Waals surface area contributed by atoms with Crippen molar-refractivity contribution in [2.45, 2.75) is 45.1 Å². The molecule has 4 heteroatoms.